The van der Waals surface area contributed by atoms with Crippen molar-refractivity contribution in [3.63, 3.8) is 0 Å². The van der Waals surface area contributed by atoms with E-state index in [1.54, 1.807) is 24.2 Å². The molecule has 3 aromatic heterocycles. The van der Waals surface area contributed by atoms with Gasteiger partial charge in [-0.3, -0.25) is 9.55 Å². The molecule has 0 saturated carbocycles. The fourth-order valence-corrected chi connectivity index (χ4v) is 4.10. The van der Waals surface area contributed by atoms with Gasteiger partial charge in [0.2, 0.25) is 0 Å². The monoisotopic (exact) mass is 391 g/mol. The summed E-state index contributed by atoms with van der Waals surface area (Å²) in [4.78, 5) is 4.12. The van der Waals surface area contributed by atoms with Gasteiger partial charge in [0.1, 0.15) is 5.76 Å². The van der Waals surface area contributed by atoms with Crippen molar-refractivity contribution in [2.45, 2.75) is 38.6 Å². The SMILES string of the molecule is Cc1ccc(-n2c(SCc3c(C)noc3C)nnc2-c2ccncc2)cc1C. The van der Waals surface area contributed by atoms with E-state index in [0.29, 0.717) is 0 Å². The lowest BCUT2D eigenvalue weighted by molar-refractivity contribution is 0.392. The molecular weight excluding hydrogens is 370 g/mol. The van der Waals surface area contributed by atoms with Crippen molar-refractivity contribution in [2.75, 3.05) is 0 Å². The Kier molecular flexibility index (Phi) is 5.00. The predicted molar refractivity (Wildman–Crippen MR) is 110 cm³/mol. The zero-order valence-electron chi connectivity index (χ0n) is 16.3. The zero-order chi connectivity index (χ0) is 19.7. The summed E-state index contributed by atoms with van der Waals surface area (Å²) in [6.45, 7) is 8.13. The molecule has 4 rings (SSSR count). The van der Waals surface area contributed by atoms with E-state index in [1.807, 2.05) is 26.0 Å². The van der Waals surface area contributed by atoms with Crippen molar-refractivity contribution < 1.29 is 4.52 Å². The highest BCUT2D eigenvalue weighted by Gasteiger charge is 2.18. The van der Waals surface area contributed by atoms with Crippen LogP contribution in [0.2, 0.25) is 0 Å². The topological polar surface area (TPSA) is 69.6 Å². The number of thioether (sulfide) groups is 1. The molecule has 0 fully saturated rings. The van der Waals surface area contributed by atoms with Crippen molar-refractivity contribution in [1.29, 1.82) is 0 Å². The summed E-state index contributed by atoms with van der Waals surface area (Å²) < 4.78 is 7.39. The van der Waals surface area contributed by atoms with Crippen LogP contribution >= 0.6 is 11.8 Å². The molecule has 7 heteroatoms. The van der Waals surface area contributed by atoms with Gasteiger partial charge in [-0.25, -0.2) is 0 Å². The molecule has 6 nitrogen and oxygen atoms in total. The summed E-state index contributed by atoms with van der Waals surface area (Å²) in [7, 11) is 0. The molecule has 0 spiro atoms. The molecule has 0 unspecified atom stereocenters. The van der Waals surface area contributed by atoms with Gasteiger partial charge in [-0.05, 0) is 63.1 Å². The average Bonchev–Trinajstić information content (AvgIpc) is 3.26. The van der Waals surface area contributed by atoms with Crippen LogP contribution in [0.4, 0.5) is 0 Å². The molecule has 142 valence electrons. The number of aryl methyl sites for hydroxylation is 4. The largest absolute Gasteiger partial charge is 0.361 e. The van der Waals surface area contributed by atoms with Gasteiger partial charge in [0.25, 0.3) is 0 Å². The summed E-state index contributed by atoms with van der Waals surface area (Å²) in [5.41, 5.74) is 6.52. The van der Waals surface area contributed by atoms with Crippen molar-refractivity contribution in [3.8, 4) is 17.1 Å². The molecular formula is C21H21N5OS. The van der Waals surface area contributed by atoms with Gasteiger partial charge in [-0.2, -0.15) is 0 Å². The number of hydrogen-bond acceptors (Lipinski definition) is 6. The molecule has 4 aromatic rings. The number of rotatable bonds is 5. The minimum atomic E-state index is 0.723. The van der Waals surface area contributed by atoms with Crippen LogP contribution in [0.3, 0.4) is 0 Å². The molecule has 0 atom stereocenters. The first-order chi connectivity index (χ1) is 13.5. The van der Waals surface area contributed by atoms with Gasteiger partial charge in [0.15, 0.2) is 11.0 Å². The molecule has 0 saturated heterocycles. The number of benzene rings is 1. The maximum atomic E-state index is 5.29. The molecule has 28 heavy (non-hydrogen) atoms. The van der Waals surface area contributed by atoms with Crippen molar-refractivity contribution >= 4 is 11.8 Å². The lowest BCUT2D eigenvalue weighted by Gasteiger charge is -2.12. The highest BCUT2D eigenvalue weighted by atomic mass is 32.2. The first-order valence-corrected chi connectivity index (χ1v) is 10.0. The third-order valence-electron chi connectivity index (χ3n) is 4.85. The molecule has 0 aliphatic carbocycles. The lowest BCUT2D eigenvalue weighted by atomic mass is 10.1. The van der Waals surface area contributed by atoms with Crippen molar-refractivity contribution in [1.82, 2.24) is 24.9 Å². The zero-order valence-corrected chi connectivity index (χ0v) is 17.1. The molecule has 3 heterocycles. The number of aromatic nitrogens is 5. The molecule has 0 amide bonds. The minimum absolute atomic E-state index is 0.723. The normalized spacial score (nSPS) is 11.1. The fourth-order valence-electron chi connectivity index (χ4n) is 2.99. The smallest absolute Gasteiger partial charge is 0.196 e. The molecule has 0 aliphatic heterocycles. The quantitative estimate of drug-likeness (QED) is 0.453. The van der Waals surface area contributed by atoms with Crippen molar-refractivity contribution in [3.05, 3.63) is 70.9 Å². The van der Waals surface area contributed by atoms with Crippen LogP contribution in [-0.4, -0.2) is 24.9 Å². The molecule has 0 N–H and O–H groups in total. The van der Waals surface area contributed by atoms with Crippen LogP contribution in [0.1, 0.15) is 28.1 Å². The van der Waals surface area contributed by atoms with Crippen LogP contribution < -0.4 is 0 Å². The third-order valence-corrected chi connectivity index (χ3v) is 5.80. The van der Waals surface area contributed by atoms with Crippen LogP contribution in [0.5, 0.6) is 0 Å². The highest BCUT2D eigenvalue weighted by molar-refractivity contribution is 7.98. The summed E-state index contributed by atoms with van der Waals surface area (Å²) >= 11 is 1.63. The Balaban J connectivity index is 1.78. The summed E-state index contributed by atoms with van der Waals surface area (Å²) in [6.07, 6.45) is 3.54. The number of pyridine rings is 1. The fraction of sp³-hybridized carbons (Fsp3) is 0.238. The molecule has 1 aromatic carbocycles. The second-order valence-electron chi connectivity index (χ2n) is 6.74. The van der Waals surface area contributed by atoms with Gasteiger partial charge in [0, 0.05) is 29.3 Å². The van der Waals surface area contributed by atoms with E-state index in [0.717, 1.165) is 45.0 Å². The van der Waals surface area contributed by atoms with Crippen molar-refractivity contribution in [2.24, 2.45) is 0 Å². The van der Waals surface area contributed by atoms with E-state index in [4.69, 9.17) is 4.52 Å². The van der Waals surface area contributed by atoms with E-state index >= 15 is 0 Å². The number of hydrogen-bond donors (Lipinski definition) is 0. The van der Waals surface area contributed by atoms with Gasteiger partial charge in [-0.15, -0.1) is 10.2 Å². The van der Waals surface area contributed by atoms with E-state index in [-0.39, 0.29) is 0 Å². The Labute approximate surface area is 168 Å². The number of nitrogens with zero attached hydrogens (tertiary/aromatic N) is 5. The Hall–Kier alpha value is -2.93. The van der Waals surface area contributed by atoms with Crippen LogP contribution in [0.25, 0.3) is 17.1 Å². The summed E-state index contributed by atoms with van der Waals surface area (Å²) in [5.74, 6) is 2.36. The first kappa shape index (κ1) is 18.4. The van der Waals surface area contributed by atoms with Gasteiger partial charge in [-0.1, -0.05) is 23.0 Å². The first-order valence-electron chi connectivity index (χ1n) is 9.02. The maximum absolute atomic E-state index is 5.29. The minimum Gasteiger partial charge on any atom is -0.361 e. The Bertz CT molecular complexity index is 1100. The van der Waals surface area contributed by atoms with E-state index in [1.165, 1.54) is 11.1 Å². The summed E-state index contributed by atoms with van der Waals surface area (Å²) in [6, 6.07) is 10.3. The second-order valence-corrected chi connectivity index (χ2v) is 7.68. The van der Waals surface area contributed by atoms with E-state index < -0.39 is 0 Å². The van der Waals surface area contributed by atoms with Gasteiger partial charge >= 0.3 is 0 Å². The Morgan fingerprint density at radius 3 is 2.43 bits per heavy atom. The molecule has 0 aliphatic rings. The molecule has 0 bridgehead atoms. The van der Waals surface area contributed by atoms with Gasteiger partial charge in [0.05, 0.1) is 11.4 Å². The Morgan fingerprint density at radius 2 is 1.75 bits per heavy atom. The van der Waals surface area contributed by atoms with Crippen LogP contribution in [-0.2, 0) is 5.75 Å². The maximum Gasteiger partial charge on any atom is 0.196 e. The van der Waals surface area contributed by atoms with Crippen LogP contribution in [0.15, 0.2) is 52.4 Å². The van der Waals surface area contributed by atoms with Crippen LogP contribution in [0, 0.1) is 27.7 Å². The third kappa shape index (κ3) is 3.45. The second kappa shape index (κ2) is 7.59. The van der Waals surface area contributed by atoms with Gasteiger partial charge < -0.3 is 4.52 Å². The summed E-state index contributed by atoms with van der Waals surface area (Å²) in [5, 5.41) is 13.8. The standard InChI is InChI=1S/C21H21N5OS/c1-13-5-6-18(11-14(13)2)26-20(17-7-9-22-10-8-17)23-24-21(26)28-12-19-15(3)25-27-16(19)4/h5-11H,12H2,1-4H3. The van der Waals surface area contributed by atoms with E-state index in [9.17, 15) is 0 Å². The predicted octanol–water partition coefficient (Wildman–Crippen LogP) is 4.84. The Morgan fingerprint density at radius 1 is 0.964 bits per heavy atom. The van der Waals surface area contributed by atoms with E-state index in [2.05, 4.69) is 57.0 Å². The highest BCUT2D eigenvalue weighted by Crippen LogP contribution is 2.31. The molecule has 0 radical (unpaired) electrons. The average molecular weight is 392 g/mol. The lowest BCUT2D eigenvalue weighted by Crippen LogP contribution is -2.01.